The van der Waals surface area contributed by atoms with Crippen LogP contribution in [0.25, 0.3) is 291 Å². The minimum Gasteiger partial charge on any atom is -0.463 e. The maximum Gasteiger partial charge on any atom is 0.337 e. The van der Waals surface area contributed by atoms with Crippen LogP contribution in [0.5, 0.6) is 0 Å². The zero-order chi connectivity index (χ0) is 45.0. The van der Waals surface area contributed by atoms with Crippen molar-refractivity contribution < 1.29 is 19.1 Å². The van der Waals surface area contributed by atoms with E-state index < -0.39 is 10.8 Å². The molecule has 0 N–H and O–H groups in total. The Morgan fingerprint density at radius 2 is 0.473 bits per heavy atom. The molecule has 0 atom stereocenters. The van der Waals surface area contributed by atoms with Crippen molar-refractivity contribution in [2.45, 2.75) is 24.7 Å². The smallest absolute Gasteiger partial charge is 0.337 e. The number of allylic oxidation sites excluding steroid dienone is 1. The van der Waals surface area contributed by atoms with E-state index in [0.29, 0.717) is 11.1 Å². The Hall–Kier alpha value is -9.12. The van der Waals surface area contributed by atoms with Gasteiger partial charge in [0, 0.05) is 0 Å². The first kappa shape index (κ1) is 28.8. The van der Waals surface area contributed by atoms with Crippen molar-refractivity contribution in [2.24, 2.45) is 0 Å². The summed E-state index contributed by atoms with van der Waals surface area (Å²) in [6, 6.07) is 0. The summed E-state index contributed by atoms with van der Waals surface area (Å²) in [5, 5.41) is 81.2. The summed E-state index contributed by atoms with van der Waals surface area (Å²) in [6.45, 7) is 4.35. The Kier molecular flexibility index (Phi) is 2.59. The molecule has 0 amide bonds. The first-order valence-electron chi connectivity index (χ1n) is 27.2. The van der Waals surface area contributed by atoms with Crippen molar-refractivity contribution in [3.8, 4) is 0 Å². The molecule has 28 aromatic carbocycles. The zero-order valence-electron chi connectivity index (χ0n) is 38.2. The minimum absolute atomic E-state index is 0.244. The largest absolute Gasteiger partial charge is 0.463 e. The van der Waals surface area contributed by atoms with Gasteiger partial charge < -0.3 is 9.47 Å². The van der Waals surface area contributed by atoms with E-state index in [1.54, 1.807) is 97.0 Å². The molecular weight excluding hydrogens is 905 g/mol. The van der Waals surface area contributed by atoms with Gasteiger partial charge >= 0.3 is 11.9 Å². The molecule has 316 valence electrons. The van der Waals surface area contributed by atoms with E-state index in [1.807, 2.05) is 19.9 Å². The van der Waals surface area contributed by atoms with Gasteiger partial charge in [0.2, 0.25) is 0 Å². The molecule has 4 heteroatoms. The molecule has 0 aliphatic heterocycles. The van der Waals surface area contributed by atoms with Crippen molar-refractivity contribution in [1.82, 2.24) is 0 Å². The van der Waals surface area contributed by atoms with Crippen LogP contribution in [-0.4, -0.2) is 25.2 Å². The molecule has 0 fully saturated rings. The third kappa shape index (κ3) is 1.56. The second-order valence-electron chi connectivity index (χ2n) is 25.9. The third-order valence-corrected chi connectivity index (χ3v) is 25.5. The number of carbonyl (C=O) groups excluding carboxylic acids is 2. The van der Waals surface area contributed by atoms with Gasteiger partial charge in [-0.2, -0.15) is 0 Å². The summed E-state index contributed by atoms with van der Waals surface area (Å²) in [7, 11) is 0. The Labute approximate surface area is 403 Å². The van der Waals surface area contributed by atoms with Crippen molar-refractivity contribution in [1.29, 1.82) is 0 Å². The summed E-state index contributed by atoms with van der Waals surface area (Å²) >= 11 is 0. The molecule has 0 heterocycles. The maximum absolute atomic E-state index is 16.2. The van der Waals surface area contributed by atoms with Crippen LogP contribution in [0.4, 0.5) is 0 Å². The van der Waals surface area contributed by atoms with Gasteiger partial charge in [-0.05, 0) is 333 Å². The molecule has 74 heavy (non-hydrogen) atoms. The van der Waals surface area contributed by atoms with E-state index in [4.69, 9.17) is 9.47 Å². The minimum atomic E-state index is -1.01. The van der Waals surface area contributed by atoms with Crippen LogP contribution < -0.4 is 0 Å². The van der Waals surface area contributed by atoms with Crippen LogP contribution in [0.2, 0.25) is 0 Å². The molecule has 4 nitrogen and oxygen atoms in total. The monoisotopic (exact) mass is 916 g/mol. The molecule has 5 aliphatic carbocycles. The average Bonchev–Trinajstić information content (AvgIpc) is 3.57. The lowest BCUT2D eigenvalue weighted by atomic mass is 9.44. The van der Waals surface area contributed by atoms with Crippen LogP contribution in [0.3, 0.4) is 0 Å². The predicted octanol–water partition coefficient (Wildman–Crippen LogP) is 17.3. The fourth-order valence-electron chi connectivity index (χ4n) is 25.3. The van der Waals surface area contributed by atoms with Gasteiger partial charge in [0.1, 0.15) is 0 Å². The number of hydrogen-bond acceptors (Lipinski definition) is 4. The maximum atomic E-state index is 16.2. The first-order valence-corrected chi connectivity index (χ1v) is 27.2. The van der Waals surface area contributed by atoms with Gasteiger partial charge in [0.25, 0.3) is 0 Å². The Morgan fingerprint density at radius 1 is 0.284 bits per heavy atom. The fourth-order valence-corrected chi connectivity index (χ4v) is 25.3. The van der Waals surface area contributed by atoms with Crippen LogP contribution in [-0.2, 0) is 29.9 Å². The molecule has 0 saturated carbocycles. The van der Waals surface area contributed by atoms with Gasteiger partial charge in [-0.15, -0.1) is 0 Å². The van der Waals surface area contributed by atoms with Crippen LogP contribution in [0, 0.1) is 0 Å². The highest BCUT2D eigenvalue weighted by Crippen LogP contribution is 2.86. The zero-order valence-corrected chi connectivity index (χ0v) is 38.2. The highest BCUT2D eigenvalue weighted by Gasteiger charge is 2.72. The first-order chi connectivity index (χ1) is 36.7. The van der Waals surface area contributed by atoms with Gasteiger partial charge in [-0.25, -0.2) is 9.59 Å². The quantitative estimate of drug-likeness (QED) is 0.130. The highest BCUT2D eigenvalue weighted by atomic mass is 16.5. The normalized spacial score (nSPS) is 21.9. The van der Waals surface area contributed by atoms with Gasteiger partial charge in [0.15, 0.2) is 0 Å². The molecule has 0 saturated heterocycles. The standard InChI is InChI=1S/C70H12O4/c1-3-73-67(71)7-5-8(68(72)74-4-2)70-65-59-53-43-31-23-15-11-9-10-13-17(15)25(31)35-29-21(13)22-14(10)18-16-12(9)20-19(11)27-33(23)41-47-37(27)38-28(20)34-24(16)32-26(18)36-30(22)40-39(29)51(45(35)53)61(65)62-52(40)46(36)54-44(32)50-42(34)48(38)56-55(47)63(57(59)49(41)43)69(70,6-7)64(56)58(50)60(54)66(62)70/h5-6H,3-4H2,1-2H3. The average molecular weight is 917 g/mol. The number of rotatable bonds is 4. The van der Waals surface area contributed by atoms with E-state index in [1.165, 1.54) is 216 Å². The van der Waals surface area contributed by atoms with E-state index in [2.05, 4.69) is 6.08 Å². The van der Waals surface area contributed by atoms with Gasteiger partial charge in [0.05, 0.1) is 35.2 Å². The molecule has 5 aliphatic rings. The second kappa shape index (κ2) is 6.65. The predicted molar refractivity (Wildman–Crippen MR) is 303 cm³/mol. The molecule has 0 unspecified atom stereocenters. The number of ether oxygens (including phenoxy) is 2. The van der Waals surface area contributed by atoms with Crippen LogP contribution in [0.15, 0.2) is 23.3 Å². The Morgan fingerprint density at radius 3 is 0.689 bits per heavy atom. The fraction of sp³-hybridized carbons (Fsp3) is 0.0857. The number of esters is 2. The van der Waals surface area contributed by atoms with Crippen molar-refractivity contribution in [3.63, 3.8) is 0 Å². The molecular formula is C70H12O4. The highest BCUT2D eigenvalue weighted by molar-refractivity contribution is 6.82. The second-order valence-corrected chi connectivity index (χ2v) is 25.9. The van der Waals surface area contributed by atoms with Crippen LogP contribution in [0.1, 0.15) is 36.1 Å². The summed E-state index contributed by atoms with van der Waals surface area (Å²) in [6.07, 6.45) is 4.43. The number of benzene rings is 18. The molecule has 33 rings (SSSR count). The lowest BCUT2D eigenvalue weighted by Crippen LogP contribution is -2.55. The lowest BCUT2D eigenvalue weighted by molar-refractivity contribution is -0.139. The molecule has 28 aromatic rings. The van der Waals surface area contributed by atoms with Gasteiger partial charge in [-0.1, -0.05) is 6.08 Å². The van der Waals surface area contributed by atoms with Crippen molar-refractivity contribution >= 4 is 303 Å². The van der Waals surface area contributed by atoms with Gasteiger partial charge in [-0.3, -0.25) is 0 Å². The SMILES string of the molecule is CCOC(=O)C1=CC23c4c5c6c7c8c9c(c%10c%11c2c2c4c4c%12c5c5c6c6c8c8c%13c9c9c%10c%10c%11c%11c2c2c4c4c%12c%12c5c5c6c8c6c8c%13c9c9c%10c%10c%11c2c2c4c4c%12c5c6c5c8c9c%10c2c45)C73C(C(=O)OCC)=C1. The van der Waals surface area contributed by atoms with E-state index in [-0.39, 0.29) is 25.2 Å². The summed E-state index contributed by atoms with van der Waals surface area (Å²) in [5.74, 6) is -0.666. The summed E-state index contributed by atoms with van der Waals surface area (Å²) < 4.78 is 12.7. The Balaban J connectivity index is 1.16. The molecule has 0 bridgehead atoms. The summed E-state index contributed by atoms with van der Waals surface area (Å²) in [5.41, 5.74) is 4.56. The van der Waals surface area contributed by atoms with E-state index in [9.17, 15) is 0 Å². The topological polar surface area (TPSA) is 52.6 Å². The third-order valence-electron chi connectivity index (χ3n) is 25.5. The number of hydrogen-bond donors (Lipinski definition) is 0. The summed E-state index contributed by atoms with van der Waals surface area (Å²) in [4.78, 5) is 31.3. The van der Waals surface area contributed by atoms with Crippen molar-refractivity contribution in [2.75, 3.05) is 13.2 Å². The molecule has 2 spiro atoms. The van der Waals surface area contributed by atoms with Crippen molar-refractivity contribution in [3.05, 3.63) is 45.6 Å². The molecule has 0 aromatic heterocycles. The number of carbonyl (C=O) groups is 2. The Bertz CT molecular complexity index is 7320. The van der Waals surface area contributed by atoms with E-state index >= 15 is 9.59 Å². The molecule has 0 radical (unpaired) electrons. The van der Waals surface area contributed by atoms with E-state index in [0.717, 1.165) is 0 Å². The van der Waals surface area contributed by atoms with Crippen LogP contribution >= 0.6 is 0 Å². The lowest BCUT2D eigenvalue weighted by Gasteiger charge is -2.55.